The molecule has 3 aromatic rings. The minimum absolute atomic E-state index is 0.0239. The number of nitrogens with zero attached hydrogens (tertiary/aromatic N) is 2. The lowest BCUT2D eigenvalue weighted by molar-refractivity contribution is -0.128. The number of rotatable bonds is 8. The first kappa shape index (κ1) is 20.7. The molecule has 0 aliphatic rings. The molecule has 7 heteroatoms. The van der Waals surface area contributed by atoms with Crippen LogP contribution in [0.2, 0.25) is 0 Å². The summed E-state index contributed by atoms with van der Waals surface area (Å²) < 4.78 is 5.52. The van der Waals surface area contributed by atoms with Gasteiger partial charge < -0.3 is 14.6 Å². The van der Waals surface area contributed by atoms with Crippen molar-refractivity contribution in [3.63, 3.8) is 0 Å². The molecular formula is C22H23N3O3S. The summed E-state index contributed by atoms with van der Waals surface area (Å²) in [5.74, 6) is 1.33. The average Bonchev–Trinajstić information content (AvgIpc) is 3.19. The largest absolute Gasteiger partial charge is 0.444 e. The monoisotopic (exact) mass is 409 g/mol. The van der Waals surface area contributed by atoms with E-state index in [1.54, 1.807) is 18.2 Å². The van der Waals surface area contributed by atoms with Crippen LogP contribution in [0.5, 0.6) is 0 Å². The number of amides is 2. The summed E-state index contributed by atoms with van der Waals surface area (Å²) in [5, 5.41) is 2.93. The van der Waals surface area contributed by atoms with Crippen molar-refractivity contribution in [1.29, 1.82) is 0 Å². The van der Waals surface area contributed by atoms with Gasteiger partial charge in [-0.3, -0.25) is 9.59 Å². The standard InChI is InChI=1S/C22H23N3O3S/c1-16(26)25(2)12-18-10-6-7-11-20(18)24-21(27)15-29-14-19-13-28-22(23-19)17-8-4-3-5-9-17/h3-11,13H,12,14-15H2,1-2H3,(H,24,27). The maximum absolute atomic E-state index is 12.3. The number of anilines is 1. The molecule has 3 rings (SSSR count). The molecule has 6 nitrogen and oxygen atoms in total. The molecule has 29 heavy (non-hydrogen) atoms. The predicted octanol–water partition coefficient (Wildman–Crippen LogP) is 4.19. The summed E-state index contributed by atoms with van der Waals surface area (Å²) in [6.07, 6.45) is 1.63. The van der Waals surface area contributed by atoms with Crippen LogP contribution in [0.15, 0.2) is 65.3 Å². The van der Waals surface area contributed by atoms with E-state index in [4.69, 9.17) is 4.42 Å². The number of para-hydroxylation sites is 1. The van der Waals surface area contributed by atoms with E-state index in [9.17, 15) is 9.59 Å². The Labute approximate surface area is 174 Å². The minimum Gasteiger partial charge on any atom is -0.444 e. The molecule has 1 aromatic heterocycles. The van der Waals surface area contributed by atoms with Gasteiger partial charge in [-0.15, -0.1) is 11.8 Å². The highest BCUT2D eigenvalue weighted by molar-refractivity contribution is 7.99. The van der Waals surface area contributed by atoms with Crippen LogP contribution in [-0.4, -0.2) is 34.5 Å². The highest BCUT2D eigenvalue weighted by atomic mass is 32.2. The Hall–Kier alpha value is -3.06. The van der Waals surface area contributed by atoms with Crippen molar-refractivity contribution in [3.05, 3.63) is 72.1 Å². The van der Waals surface area contributed by atoms with E-state index < -0.39 is 0 Å². The fourth-order valence-electron chi connectivity index (χ4n) is 2.67. The van der Waals surface area contributed by atoms with E-state index in [1.807, 2.05) is 54.6 Å². The van der Waals surface area contributed by atoms with Crippen molar-refractivity contribution in [1.82, 2.24) is 9.88 Å². The molecule has 2 amide bonds. The fraction of sp³-hybridized carbons (Fsp3) is 0.227. The molecule has 0 bridgehead atoms. The van der Waals surface area contributed by atoms with E-state index in [2.05, 4.69) is 10.3 Å². The van der Waals surface area contributed by atoms with Crippen LogP contribution >= 0.6 is 11.8 Å². The number of carbonyl (C=O) groups excluding carboxylic acids is 2. The maximum atomic E-state index is 12.3. The summed E-state index contributed by atoms with van der Waals surface area (Å²) in [6.45, 7) is 1.96. The van der Waals surface area contributed by atoms with Gasteiger partial charge in [-0.1, -0.05) is 36.4 Å². The number of nitrogens with one attached hydrogen (secondary N) is 1. The zero-order valence-corrected chi connectivity index (χ0v) is 17.2. The van der Waals surface area contributed by atoms with Gasteiger partial charge in [0.2, 0.25) is 17.7 Å². The minimum atomic E-state index is -0.0975. The predicted molar refractivity (Wildman–Crippen MR) is 115 cm³/mol. The van der Waals surface area contributed by atoms with Gasteiger partial charge in [0.05, 0.1) is 11.4 Å². The van der Waals surface area contributed by atoms with Gasteiger partial charge in [0, 0.05) is 37.5 Å². The highest BCUT2D eigenvalue weighted by Crippen LogP contribution is 2.21. The van der Waals surface area contributed by atoms with Gasteiger partial charge >= 0.3 is 0 Å². The third-order valence-electron chi connectivity index (χ3n) is 4.29. The number of aromatic nitrogens is 1. The van der Waals surface area contributed by atoms with Crippen molar-refractivity contribution in [2.45, 2.75) is 19.2 Å². The molecule has 2 aromatic carbocycles. The number of carbonyl (C=O) groups is 2. The molecule has 0 radical (unpaired) electrons. The number of benzene rings is 2. The quantitative estimate of drug-likeness (QED) is 0.604. The number of thioether (sulfide) groups is 1. The lowest BCUT2D eigenvalue weighted by atomic mass is 10.1. The first-order valence-electron chi connectivity index (χ1n) is 9.20. The van der Waals surface area contributed by atoms with Crippen LogP contribution in [0.4, 0.5) is 5.69 Å². The second kappa shape index (κ2) is 9.93. The number of hydrogen-bond donors (Lipinski definition) is 1. The lowest BCUT2D eigenvalue weighted by Gasteiger charge is -2.17. The van der Waals surface area contributed by atoms with E-state index in [0.29, 0.717) is 23.9 Å². The van der Waals surface area contributed by atoms with Crippen LogP contribution in [0.1, 0.15) is 18.2 Å². The summed E-state index contributed by atoms with van der Waals surface area (Å²) in [4.78, 5) is 29.9. The third-order valence-corrected chi connectivity index (χ3v) is 5.26. The van der Waals surface area contributed by atoms with Gasteiger partial charge in [-0.2, -0.15) is 0 Å². The Morgan fingerprint density at radius 3 is 2.59 bits per heavy atom. The number of oxazole rings is 1. The van der Waals surface area contributed by atoms with Crippen LogP contribution in [0.25, 0.3) is 11.5 Å². The van der Waals surface area contributed by atoms with Crippen LogP contribution < -0.4 is 5.32 Å². The Morgan fingerprint density at radius 1 is 1.10 bits per heavy atom. The van der Waals surface area contributed by atoms with Gasteiger partial charge in [0.25, 0.3) is 0 Å². The highest BCUT2D eigenvalue weighted by Gasteiger charge is 2.11. The molecule has 1 N–H and O–H groups in total. The van der Waals surface area contributed by atoms with Gasteiger partial charge in [0.15, 0.2) is 0 Å². The zero-order chi connectivity index (χ0) is 20.6. The smallest absolute Gasteiger partial charge is 0.234 e. The topological polar surface area (TPSA) is 75.4 Å². The summed E-state index contributed by atoms with van der Waals surface area (Å²) >= 11 is 1.47. The molecule has 0 aliphatic heterocycles. The van der Waals surface area contributed by atoms with Crippen LogP contribution in [-0.2, 0) is 21.9 Å². The van der Waals surface area contributed by atoms with Crippen LogP contribution in [0, 0.1) is 0 Å². The Balaban J connectivity index is 1.51. The fourth-order valence-corrected chi connectivity index (χ4v) is 3.37. The van der Waals surface area contributed by atoms with E-state index in [-0.39, 0.29) is 11.8 Å². The van der Waals surface area contributed by atoms with Gasteiger partial charge in [-0.05, 0) is 23.8 Å². The maximum Gasteiger partial charge on any atom is 0.234 e. The molecule has 0 spiro atoms. The van der Waals surface area contributed by atoms with Crippen molar-refractivity contribution in [2.75, 3.05) is 18.1 Å². The molecule has 0 aliphatic carbocycles. The summed E-state index contributed by atoms with van der Waals surface area (Å²) in [6, 6.07) is 17.2. The van der Waals surface area contributed by atoms with Crippen molar-refractivity contribution >= 4 is 29.3 Å². The van der Waals surface area contributed by atoms with E-state index >= 15 is 0 Å². The van der Waals surface area contributed by atoms with Gasteiger partial charge in [0.1, 0.15) is 6.26 Å². The molecule has 0 atom stereocenters. The van der Waals surface area contributed by atoms with Crippen LogP contribution in [0.3, 0.4) is 0 Å². The van der Waals surface area contributed by atoms with Gasteiger partial charge in [-0.25, -0.2) is 4.98 Å². The Morgan fingerprint density at radius 2 is 1.83 bits per heavy atom. The van der Waals surface area contributed by atoms with Crippen molar-refractivity contribution in [2.24, 2.45) is 0 Å². The van der Waals surface area contributed by atoms with E-state index in [0.717, 1.165) is 22.5 Å². The molecule has 0 saturated carbocycles. The first-order chi connectivity index (χ1) is 14.0. The molecule has 1 heterocycles. The molecule has 0 saturated heterocycles. The molecule has 0 fully saturated rings. The first-order valence-corrected chi connectivity index (χ1v) is 10.4. The second-order valence-electron chi connectivity index (χ2n) is 6.58. The molecule has 150 valence electrons. The second-order valence-corrected chi connectivity index (χ2v) is 7.57. The Bertz CT molecular complexity index is 972. The molecule has 0 unspecified atom stereocenters. The summed E-state index contributed by atoms with van der Waals surface area (Å²) in [7, 11) is 1.73. The van der Waals surface area contributed by atoms with Crippen molar-refractivity contribution < 1.29 is 14.0 Å². The average molecular weight is 410 g/mol. The molecular weight excluding hydrogens is 386 g/mol. The number of hydrogen-bond acceptors (Lipinski definition) is 5. The normalized spacial score (nSPS) is 10.6. The lowest BCUT2D eigenvalue weighted by Crippen LogP contribution is -2.24. The SMILES string of the molecule is CC(=O)N(C)Cc1ccccc1NC(=O)CSCc1coc(-c2ccccc2)n1. The Kier molecular flexibility index (Phi) is 7.08. The third kappa shape index (κ3) is 5.96. The zero-order valence-electron chi connectivity index (χ0n) is 16.4. The van der Waals surface area contributed by atoms with E-state index in [1.165, 1.54) is 18.7 Å². The summed E-state index contributed by atoms with van der Waals surface area (Å²) in [5.41, 5.74) is 3.34. The van der Waals surface area contributed by atoms with Crippen molar-refractivity contribution in [3.8, 4) is 11.5 Å².